The monoisotopic (exact) mass is 351 g/mol. The molecule has 6 heteroatoms. The number of carboxylic acids is 1. The first-order valence-electron chi connectivity index (χ1n) is 6.61. The number of hydrogen-bond donors (Lipinski definition) is 2. The number of halogens is 1. The molecule has 1 fully saturated rings. The number of aliphatic carboxylic acids is 1. The number of ether oxygens (including phenoxy) is 1. The Bertz CT molecular complexity index is 643. The molecule has 2 heterocycles. The van der Waals surface area contributed by atoms with Crippen LogP contribution in [0.15, 0.2) is 34.8 Å². The molecule has 2 bridgehead atoms. The van der Waals surface area contributed by atoms with Crippen molar-refractivity contribution in [3.63, 3.8) is 0 Å². The van der Waals surface area contributed by atoms with E-state index in [1.165, 1.54) is 0 Å². The fourth-order valence-electron chi connectivity index (χ4n) is 2.85. The average Bonchev–Trinajstić information content (AvgIpc) is 3.02. The Morgan fingerprint density at radius 2 is 1.90 bits per heavy atom. The predicted octanol–water partition coefficient (Wildman–Crippen LogP) is 2.35. The number of aryl methyl sites for hydroxylation is 1. The van der Waals surface area contributed by atoms with E-state index in [1.807, 2.05) is 19.1 Å². The number of nitrogens with one attached hydrogen (secondary N) is 1. The van der Waals surface area contributed by atoms with Crippen LogP contribution in [0.25, 0.3) is 0 Å². The highest BCUT2D eigenvalue weighted by atomic mass is 79.9. The maximum absolute atomic E-state index is 12.4. The van der Waals surface area contributed by atoms with Gasteiger partial charge in [-0.3, -0.25) is 9.59 Å². The normalized spacial score (nSPS) is 29.6. The number of anilines is 1. The summed E-state index contributed by atoms with van der Waals surface area (Å²) in [6, 6.07) is 5.56. The van der Waals surface area contributed by atoms with Gasteiger partial charge in [0.05, 0.1) is 23.8 Å². The fraction of sp³-hybridized carbons (Fsp3) is 0.333. The van der Waals surface area contributed by atoms with Gasteiger partial charge in [-0.15, -0.1) is 0 Å². The number of hydrogen-bond acceptors (Lipinski definition) is 3. The molecule has 21 heavy (non-hydrogen) atoms. The van der Waals surface area contributed by atoms with Gasteiger partial charge >= 0.3 is 5.97 Å². The molecule has 5 nitrogen and oxygen atoms in total. The van der Waals surface area contributed by atoms with Crippen LogP contribution in [-0.4, -0.2) is 29.2 Å². The molecule has 2 N–H and O–H groups in total. The van der Waals surface area contributed by atoms with E-state index < -0.39 is 30.0 Å². The number of amides is 1. The molecule has 0 aromatic heterocycles. The minimum absolute atomic E-state index is 0.330. The third-order valence-corrected chi connectivity index (χ3v) is 4.53. The SMILES string of the molecule is Cc1ccc(NC(=O)[C@@H]2[C@H](C(=O)O)[C@H]3C=C[C@H]2O3)c(Br)c1. The Labute approximate surface area is 130 Å². The van der Waals surface area contributed by atoms with E-state index in [0.29, 0.717) is 5.69 Å². The summed E-state index contributed by atoms with van der Waals surface area (Å²) in [6.45, 7) is 1.95. The number of carboxylic acid groups (broad SMARTS) is 1. The summed E-state index contributed by atoms with van der Waals surface area (Å²) in [6.07, 6.45) is 2.51. The minimum Gasteiger partial charge on any atom is -0.481 e. The van der Waals surface area contributed by atoms with E-state index in [-0.39, 0.29) is 5.91 Å². The Kier molecular flexibility index (Phi) is 3.59. The molecule has 4 atom stereocenters. The maximum atomic E-state index is 12.4. The van der Waals surface area contributed by atoms with Crippen molar-refractivity contribution < 1.29 is 19.4 Å². The molecule has 0 spiro atoms. The fourth-order valence-corrected chi connectivity index (χ4v) is 3.44. The Morgan fingerprint density at radius 1 is 1.24 bits per heavy atom. The summed E-state index contributed by atoms with van der Waals surface area (Å²) >= 11 is 3.39. The van der Waals surface area contributed by atoms with Crippen LogP contribution in [0.2, 0.25) is 0 Å². The summed E-state index contributed by atoms with van der Waals surface area (Å²) in [5.41, 5.74) is 1.69. The first-order chi connectivity index (χ1) is 9.97. The summed E-state index contributed by atoms with van der Waals surface area (Å²) in [5, 5.41) is 12.1. The maximum Gasteiger partial charge on any atom is 0.310 e. The van der Waals surface area contributed by atoms with Crippen molar-refractivity contribution in [1.82, 2.24) is 0 Å². The second-order valence-electron chi connectivity index (χ2n) is 5.31. The molecule has 1 saturated heterocycles. The zero-order valence-corrected chi connectivity index (χ0v) is 12.8. The van der Waals surface area contributed by atoms with Crippen LogP contribution in [0, 0.1) is 18.8 Å². The topological polar surface area (TPSA) is 75.6 Å². The van der Waals surface area contributed by atoms with E-state index in [0.717, 1.165) is 10.0 Å². The van der Waals surface area contributed by atoms with Crippen molar-refractivity contribution in [1.29, 1.82) is 0 Å². The first kappa shape index (κ1) is 14.3. The summed E-state index contributed by atoms with van der Waals surface area (Å²) in [4.78, 5) is 23.8. The van der Waals surface area contributed by atoms with Crippen LogP contribution in [-0.2, 0) is 14.3 Å². The third kappa shape index (κ3) is 2.49. The van der Waals surface area contributed by atoms with Gasteiger partial charge in [-0.2, -0.15) is 0 Å². The van der Waals surface area contributed by atoms with Gasteiger partial charge in [0.1, 0.15) is 5.92 Å². The molecule has 0 saturated carbocycles. The van der Waals surface area contributed by atoms with Gasteiger partial charge in [0.25, 0.3) is 0 Å². The van der Waals surface area contributed by atoms with E-state index in [1.54, 1.807) is 18.2 Å². The van der Waals surface area contributed by atoms with Gasteiger partial charge in [0, 0.05) is 4.47 Å². The van der Waals surface area contributed by atoms with Gasteiger partial charge in [-0.1, -0.05) is 18.2 Å². The molecule has 1 amide bonds. The molecule has 110 valence electrons. The van der Waals surface area contributed by atoms with E-state index in [4.69, 9.17) is 4.74 Å². The molecule has 1 aromatic carbocycles. The number of rotatable bonds is 3. The number of carbonyl (C=O) groups excluding carboxylic acids is 1. The smallest absolute Gasteiger partial charge is 0.310 e. The Balaban J connectivity index is 1.82. The standard InChI is InChI=1S/C15H14BrNO4/c1-7-2-3-9(8(16)6-7)17-14(18)12-10-4-5-11(21-10)13(12)15(19)20/h2-6,10-13H,1H3,(H,17,18)(H,19,20)/t10-,11-,12+,13-/m1/s1. The summed E-state index contributed by atoms with van der Waals surface area (Å²) in [5.74, 6) is -2.87. The highest BCUT2D eigenvalue weighted by Crippen LogP contribution is 2.40. The molecule has 2 aliphatic rings. The van der Waals surface area contributed by atoms with Crippen molar-refractivity contribution in [3.8, 4) is 0 Å². The van der Waals surface area contributed by atoms with E-state index in [9.17, 15) is 14.7 Å². The van der Waals surface area contributed by atoms with Crippen LogP contribution < -0.4 is 5.32 Å². The van der Waals surface area contributed by atoms with Crippen LogP contribution in [0.4, 0.5) is 5.69 Å². The lowest BCUT2D eigenvalue weighted by Crippen LogP contribution is -2.39. The summed E-state index contributed by atoms with van der Waals surface area (Å²) < 4.78 is 6.27. The summed E-state index contributed by atoms with van der Waals surface area (Å²) in [7, 11) is 0. The van der Waals surface area contributed by atoms with Crippen molar-refractivity contribution in [2.45, 2.75) is 19.1 Å². The van der Waals surface area contributed by atoms with Crippen LogP contribution in [0.3, 0.4) is 0 Å². The Hall–Kier alpha value is -1.66. The first-order valence-corrected chi connectivity index (χ1v) is 7.40. The molecule has 1 aromatic rings. The predicted molar refractivity (Wildman–Crippen MR) is 79.9 cm³/mol. The molecule has 2 aliphatic heterocycles. The van der Waals surface area contributed by atoms with Gasteiger partial charge in [-0.25, -0.2) is 0 Å². The third-order valence-electron chi connectivity index (χ3n) is 3.87. The molecule has 0 radical (unpaired) electrons. The Morgan fingerprint density at radius 3 is 2.52 bits per heavy atom. The second kappa shape index (κ2) is 5.27. The number of fused-ring (bicyclic) bond motifs is 2. The molecule has 0 unspecified atom stereocenters. The van der Waals surface area contributed by atoms with Crippen LogP contribution >= 0.6 is 15.9 Å². The quantitative estimate of drug-likeness (QED) is 0.819. The highest BCUT2D eigenvalue weighted by Gasteiger charge is 2.53. The molecule has 3 rings (SSSR count). The highest BCUT2D eigenvalue weighted by molar-refractivity contribution is 9.10. The van der Waals surface area contributed by atoms with Gasteiger partial charge in [-0.05, 0) is 40.5 Å². The number of carbonyl (C=O) groups is 2. The molecule has 0 aliphatic carbocycles. The van der Waals surface area contributed by atoms with Crippen molar-refractivity contribution in [3.05, 3.63) is 40.4 Å². The lowest BCUT2D eigenvalue weighted by molar-refractivity contribution is -0.145. The van der Waals surface area contributed by atoms with Crippen molar-refractivity contribution in [2.75, 3.05) is 5.32 Å². The zero-order chi connectivity index (χ0) is 15.1. The van der Waals surface area contributed by atoms with E-state index in [2.05, 4.69) is 21.2 Å². The van der Waals surface area contributed by atoms with E-state index >= 15 is 0 Å². The lowest BCUT2D eigenvalue weighted by Gasteiger charge is -2.21. The van der Waals surface area contributed by atoms with Crippen LogP contribution in [0.1, 0.15) is 5.56 Å². The van der Waals surface area contributed by atoms with Gasteiger partial charge in [0.15, 0.2) is 0 Å². The van der Waals surface area contributed by atoms with Crippen LogP contribution in [0.5, 0.6) is 0 Å². The number of benzene rings is 1. The minimum atomic E-state index is -1.00. The molecular weight excluding hydrogens is 338 g/mol. The molecular formula is C15H14BrNO4. The van der Waals surface area contributed by atoms with Gasteiger partial charge in [0.2, 0.25) is 5.91 Å². The lowest BCUT2D eigenvalue weighted by atomic mass is 9.82. The van der Waals surface area contributed by atoms with Crippen molar-refractivity contribution in [2.24, 2.45) is 11.8 Å². The van der Waals surface area contributed by atoms with Crippen molar-refractivity contribution >= 4 is 33.5 Å². The zero-order valence-electron chi connectivity index (χ0n) is 11.2. The average molecular weight is 352 g/mol. The largest absolute Gasteiger partial charge is 0.481 e. The van der Waals surface area contributed by atoms with Gasteiger partial charge < -0.3 is 15.2 Å². The second-order valence-corrected chi connectivity index (χ2v) is 6.17.